The minimum atomic E-state index is -0.174. The number of aryl methyl sites for hydroxylation is 1. The Kier molecular flexibility index (Phi) is 7.44. The standard InChI is InChI=1S/C24H41N3O/c1-8-21(25)11-10-14-24(23(6,7)28-9-2)15-16-27(18-24)22(4,5)20-13-12-19(3)26-17-20/h12-13,17,25H,8-11,14-16,18H2,1-7H3/t24-/m1/s1. The Morgan fingerprint density at radius 2 is 1.96 bits per heavy atom. The zero-order valence-corrected chi connectivity index (χ0v) is 19.2. The summed E-state index contributed by atoms with van der Waals surface area (Å²) in [6, 6.07) is 4.33. The molecule has 0 saturated carbocycles. The van der Waals surface area contributed by atoms with Crippen molar-refractivity contribution in [2.24, 2.45) is 5.41 Å². The second-order valence-electron chi connectivity index (χ2n) is 9.45. The fourth-order valence-corrected chi connectivity index (χ4v) is 4.69. The molecule has 0 radical (unpaired) electrons. The van der Waals surface area contributed by atoms with E-state index in [0.29, 0.717) is 0 Å². The molecule has 0 aromatic carbocycles. The maximum atomic E-state index is 8.03. The van der Waals surface area contributed by atoms with E-state index in [1.165, 1.54) is 5.56 Å². The molecule has 1 saturated heterocycles. The summed E-state index contributed by atoms with van der Waals surface area (Å²) < 4.78 is 6.29. The second kappa shape index (κ2) is 9.04. The highest BCUT2D eigenvalue weighted by atomic mass is 16.5. The first-order chi connectivity index (χ1) is 13.1. The number of pyridine rings is 1. The molecule has 1 atom stereocenters. The van der Waals surface area contributed by atoms with Gasteiger partial charge in [0.05, 0.1) is 5.60 Å². The minimum absolute atomic E-state index is 0.0547. The van der Waals surface area contributed by atoms with Gasteiger partial charge in [0, 0.05) is 41.7 Å². The highest BCUT2D eigenvalue weighted by Gasteiger charge is 2.52. The fourth-order valence-electron chi connectivity index (χ4n) is 4.69. The lowest BCUT2D eigenvalue weighted by Crippen LogP contribution is -2.50. The average molecular weight is 388 g/mol. The van der Waals surface area contributed by atoms with Gasteiger partial charge < -0.3 is 10.1 Å². The van der Waals surface area contributed by atoms with E-state index in [9.17, 15) is 0 Å². The van der Waals surface area contributed by atoms with Gasteiger partial charge in [-0.1, -0.05) is 13.0 Å². The van der Waals surface area contributed by atoms with Gasteiger partial charge in [0.25, 0.3) is 0 Å². The number of hydrogen-bond donors (Lipinski definition) is 1. The summed E-state index contributed by atoms with van der Waals surface area (Å²) in [5.74, 6) is 0. The lowest BCUT2D eigenvalue weighted by molar-refractivity contribution is -0.110. The molecule has 1 fully saturated rings. The number of aromatic nitrogens is 1. The van der Waals surface area contributed by atoms with Crippen molar-refractivity contribution in [1.82, 2.24) is 9.88 Å². The van der Waals surface area contributed by atoms with Gasteiger partial charge in [-0.25, -0.2) is 0 Å². The smallest absolute Gasteiger partial charge is 0.0695 e. The maximum absolute atomic E-state index is 8.03. The van der Waals surface area contributed by atoms with Crippen LogP contribution in [0.4, 0.5) is 0 Å². The number of nitrogens with zero attached hydrogens (tertiary/aromatic N) is 2. The predicted octanol–water partition coefficient (Wildman–Crippen LogP) is 5.73. The zero-order chi connectivity index (χ0) is 21.0. The Balaban J connectivity index is 2.23. The Morgan fingerprint density at radius 3 is 2.54 bits per heavy atom. The van der Waals surface area contributed by atoms with E-state index in [-0.39, 0.29) is 16.6 Å². The zero-order valence-electron chi connectivity index (χ0n) is 19.2. The molecule has 1 aliphatic rings. The van der Waals surface area contributed by atoms with Gasteiger partial charge >= 0.3 is 0 Å². The fraction of sp³-hybridized carbons (Fsp3) is 0.750. The SMILES string of the molecule is CCOC(C)(C)[C@]1(CCCC(=N)CC)CCN(C(C)(C)c2ccc(C)nc2)C1. The van der Waals surface area contributed by atoms with E-state index in [2.05, 4.69) is 63.6 Å². The molecule has 1 aromatic rings. The van der Waals surface area contributed by atoms with E-state index in [4.69, 9.17) is 10.1 Å². The summed E-state index contributed by atoms with van der Waals surface area (Å²) in [7, 11) is 0. The molecule has 2 rings (SSSR count). The van der Waals surface area contributed by atoms with Gasteiger partial charge in [-0.2, -0.15) is 0 Å². The van der Waals surface area contributed by atoms with Crippen LogP contribution in [-0.2, 0) is 10.3 Å². The topological polar surface area (TPSA) is 49.2 Å². The molecular weight excluding hydrogens is 346 g/mol. The number of nitrogens with one attached hydrogen (secondary N) is 1. The molecule has 1 N–H and O–H groups in total. The normalized spacial score (nSPS) is 21.2. The highest BCUT2D eigenvalue weighted by molar-refractivity contribution is 5.80. The number of likely N-dealkylation sites (tertiary alicyclic amines) is 1. The Bertz CT molecular complexity index is 650. The van der Waals surface area contributed by atoms with Gasteiger partial charge in [-0.15, -0.1) is 0 Å². The molecule has 0 unspecified atom stereocenters. The predicted molar refractivity (Wildman–Crippen MR) is 118 cm³/mol. The van der Waals surface area contributed by atoms with Gasteiger partial charge in [0.2, 0.25) is 0 Å². The van der Waals surface area contributed by atoms with Gasteiger partial charge in [-0.05, 0) is 91.8 Å². The van der Waals surface area contributed by atoms with Crippen molar-refractivity contribution in [2.45, 2.75) is 91.7 Å². The average Bonchev–Trinajstić information content (AvgIpc) is 3.09. The second-order valence-corrected chi connectivity index (χ2v) is 9.45. The van der Waals surface area contributed by atoms with Crippen LogP contribution < -0.4 is 0 Å². The number of hydrogen-bond acceptors (Lipinski definition) is 4. The van der Waals surface area contributed by atoms with Crippen LogP contribution in [0.2, 0.25) is 0 Å². The van der Waals surface area contributed by atoms with E-state index in [0.717, 1.165) is 63.2 Å². The van der Waals surface area contributed by atoms with E-state index >= 15 is 0 Å². The van der Waals surface area contributed by atoms with Crippen LogP contribution in [0.3, 0.4) is 0 Å². The summed E-state index contributed by atoms with van der Waals surface area (Å²) >= 11 is 0. The van der Waals surface area contributed by atoms with Crippen LogP contribution in [0.5, 0.6) is 0 Å². The maximum Gasteiger partial charge on any atom is 0.0695 e. The van der Waals surface area contributed by atoms with Crippen molar-refractivity contribution in [3.63, 3.8) is 0 Å². The quantitative estimate of drug-likeness (QED) is 0.521. The van der Waals surface area contributed by atoms with E-state index < -0.39 is 0 Å². The molecule has 0 bridgehead atoms. The van der Waals surface area contributed by atoms with Crippen LogP contribution in [0.25, 0.3) is 0 Å². The van der Waals surface area contributed by atoms with Crippen molar-refractivity contribution < 1.29 is 4.74 Å². The molecule has 28 heavy (non-hydrogen) atoms. The molecule has 4 nitrogen and oxygen atoms in total. The molecule has 0 aliphatic carbocycles. The molecule has 1 aromatic heterocycles. The van der Waals surface area contributed by atoms with Crippen molar-refractivity contribution in [2.75, 3.05) is 19.7 Å². The first-order valence-corrected chi connectivity index (χ1v) is 11.0. The van der Waals surface area contributed by atoms with Gasteiger partial charge in [0.15, 0.2) is 0 Å². The van der Waals surface area contributed by atoms with Gasteiger partial charge in [-0.3, -0.25) is 9.88 Å². The summed E-state index contributed by atoms with van der Waals surface area (Å²) in [5.41, 5.74) is 3.09. The molecule has 158 valence electrons. The molecule has 0 spiro atoms. The van der Waals surface area contributed by atoms with Crippen LogP contribution in [-0.4, -0.2) is 40.9 Å². The van der Waals surface area contributed by atoms with Crippen molar-refractivity contribution in [3.05, 3.63) is 29.6 Å². The number of ether oxygens (including phenoxy) is 1. The summed E-state index contributed by atoms with van der Waals surface area (Å²) in [6.45, 7) is 18.2. The van der Waals surface area contributed by atoms with Crippen LogP contribution in [0, 0.1) is 17.7 Å². The first-order valence-electron chi connectivity index (χ1n) is 11.0. The Hall–Kier alpha value is -1.26. The van der Waals surface area contributed by atoms with E-state index in [1.54, 1.807) is 0 Å². The highest BCUT2D eigenvalue weighted by Crippen LogP contribution is 2.49. The van der Waals surface area contributed by atoms with Crippen LogP contribution in [0.15, 0.2) is 18.3 Å². The Morgan fingerprint density at radius 1 is 1.25 bits per heavy atom. The molecular formula is C24H41N3O. The molecule has 4 heteroatoms. The van der Waals surface area contributed by atoms with Crippen LogP contribution in [0.1, 0.15) is 84.9 Å². The third-order valence-electron chi connectivity index (χ3n) is 7.11. The van der Waals surface area contributed by atoms with Crippen LogP contribution >= 0.6 is 0 Å². The van der Waals surface area contributed by atoms with Crippen molar-refractivity contribution in [3.8, 4) is 0 Å². The summed E-state index contributed by atoms with van der Waals surface area (Å²) in [5, 5.41) is 8.03. The molecule has 0 amide bonds. The lowest BCUT2D eigenvalue weighted by Gasteiger charge is -2.46. The summed E-state index contributed by atoms with van der Waals surface area (Å²) in [6.07, 6.45) is 7.13. The third kappa shape index (κ3) is 4.83. The Labute approximate surface area is 172 Å². The monoisotopic (exact) mass is 387 g/mol. The van der Waals surface area contributed by atoms with Gasteiger partial charge in [0.1, 0.15) is 0 Å². The lowest BCUT2D eigenvalue weighted by atomic mass is 9.69. The summed E-state index contributed by atoms with van der Waals surface area (Å²) in [4.78, 5) is 7.15. The largest absolute Gasteiger partial charge is 0.375 e. The third-order valence-corrected chi connectivity index (χ3v) is 7.11. The molecule has 1 aliphatic heterocycles. The minimum Gasteiger partial charge on any atom is -0.375 e. The number of rotatable bonds is 10. The first kappa shape index (κ1) is 23.0. The van der Waals surface area contributed by atoms with Crippen molar-refractivity contribution in [1.29, 1.82) is 5.41 Å². The van der Waals surface area contributed by atoms with Crippen molar-refractivity contribution >= 4 is 5.71 Å². The van der Waals surface area contributed by atoms with E-state index in [1.807, 2.05) is 13.1 Å². The molecule has 2 heterocycles.